The molecule has 0 fully saturated rings. The van der Waals surface area contributed by atoms with Gasteiger partial charge in [0.2, 0.25) is 29.5 Å². The molecule has 3 aromatic rings. The highest BCUT2D eigenvalue weighted by atomic mass is 16.4. The number of nitrogens with one attached hydrogen (secondary N) is 5. The molecule has 5 amide bonds. The predicted molar refractivity (Wildman–Crippen MR) is 226 cm³/mol. The number of unbranched alkanes of at least 4 members (excludes halogenated alkanes) is 2. The molecule has 316 valence electrons. The number of carboxylic acid groups (broad SMARTS) is 1. The summed E-state index contributed by atoms with van der Waals surface area (Å²) in [4.78, 5) is 80.6. The van der Waals surface area contributed by atoms with Gasteiger partial charge in [-0.3, -0.25) is 24.0 Å². The summed E-state index contributed by atoms with van der Waals surface area (Å²) in [5, 5.41) is 27.1. The molecule has 0 aliphatic heterocycles. The number of aliphatic carboxylic acids is 1. The largest absolute Gasteiger partial charge is 0.480 e. The van der Waals surface area contributed by atoms with Crippen LogP contribution in [-0.4, -0.2) is 90.0 Å². The third-order valence-electron chi connectivity index (χ3n) is 9.85. The maximum atomic E-state index is 14.2. The van der Waals surface area contributed by atoms with Crippen molar-refractivity contribution in [2.24, 2.45) is 23.1 Å². The highest BCUT2D eigenvalue weighted by Crippen LogP contribution is 2.29. The van der Waals surface area contributed by atoms with Crippen LogP contribution >= 0.6 is 0 Å². The molecular formula is C43H62N8O7. The molecule has 0 saturated carbocycles. The molecule has 0 aliphatic carbocycles. The van der Waals surface area contributed by atoms with Gasteiger partial charge in [0.25, 0.3) is 0 Å². The van der Waals surface area contributed by atoms with Crippen molar-refractivity contribution >= 4 is 57.1 Å². The first kappa shape index (κ1) is 47.0. The number of rotatable bonds is 25. The van der Waals surface area contributed by atoms with Gasteiger partial charge in [-0.15, -0.1) is 6.58 Å². The second-order valence-electron chi connectivity index (χ2n) is 15.2. The van der Waals surface area contributed by atoms with E-state index in [1.165, 1.54) is 13.0 Å². The smallest absolute Gasteiger partial charge is 0.326 e. The van der Waals surface area contributed by atoms with Crippen molar-refractivity contribution < 1.29 is 33.9 Å². The van der Waals surface area contributed by atoms with Gasteiger partial charge in [-0.2, -0.15) is 0 Å². The fourth-order valence-electron chi connectivity index (χ4n) is 6.75. The van der Waals surface area contributed by atoms with Crippen molar-refractivity contribution in [1.82, 2.24) is 26.6 Å². The number of carbonyl (C=O) groups excluding carboxylic acids is 5. The van der Waals surface area contributed by atoms with E-state index in [1.807, 2.05) is 68.4 Å². The number of fused-ring (bicyclic) bond motifs is 2. The number of hydrogen-bond donors (Lipinski definition) is 9. The van der Waals surface area contributed by atoms with E-state index in [1.54, 1.807) is 0 Å². The SMILES string of the molecule is C=CC[C@H](NC(=O)[C@H](CCCCN)NC(=O)[C@H](CCCCN)NC(=O)[C@H](C)N)C(=O)N[C@@H](Cc1c2ccccc2cc2ccccc12)C(=O)N[C@@H](CC(C)C)C(=O)O. The van der Waals surface area contributed by atoms with Crippen LogP contribution in [0.4, 0.5) is 0 Å². The number of amides is 5. The van der Waals surface area contributed by atoms with Crippen LogP contribution in [0.15, 0.2) is 67.3 Å². The Kier molecular flexibility index (Phi) is 19.2. The van der Waals surface area contributed by atoms with Crippen LogP contribution in [-0.2, 0) is 35.2 Å². The van der Waals surface area contributed by atoms with E-state index in [2.05, 4.69) is 33.2 Å². The van der Waals surface area contributed by atoms with Gasteiger partial charge in [-0.05, 0) is 110 Å². The van der Waals surface area contributed by atoms with Crippen LogP contribution in [0.5, 0.6) is 0 Å². The summed E-state index contributed by atoms with van der Waals surface area (Å²) in [5.74, 6) is -4.49. The second kappa shape index (κ2) is 23.8. The van der Waals surface area contributed by atoms with Crippen molar-refractivity contribution in [2.45, 2.75) is 115 Å². The normalized spacial score (nSPS) is 14.4. The van der Waals surface area contributed by atoms with Crippen LogP contribution in [0, 0.1) is 5.92 Å². The fourth-order valence-corrected chi connectivity index (χ4v) is 6.75. The van der Waals surface area contributed by atoms with Crippen LogP contribution in [0.2, 0.25) is 0 Å². The molecule has 0 radical (unpaired) electrons. The number of carbonyl (C=O) groups is 6. The van der Waals surface area contributed by atoms with Crippen molar-refractivity contribution in [3.8, 4) is 0 Å². The molecule has 0 unspecified atom stereocenters. The zero-order chi connectivity index (χ0) is 42.8. The average molecular weight is 803 g/mol. The van der Waals surface area contributed by atoms with Crippen LogP contribution in [0.3, 0.4) is 0 Å². The molecule has 12 N–H and O–H groups in total. The Bertz CT molecular complexity index is 1830. The van der Waals surface area contributed by atoms with Gasteiger partial charge in [-0.25, -0.2) is 4.79 Å². The van der Waals surface area contributed by atoms with E-state index in [4.69, 9.17) is 17.2 Å². The Morgan fingerprint density at radius 3 is 1.53 bits per heavy atom. The summed E-state index contributed by atoms with van der Waals surface area (Å²) in [6.07, 6.45) is 4.19. The minimum atomic E-state index is -1.26. The molecule has 3 aromatic carbocycles. The topological polar surface area (TPSA) is 261 Å². The predicted octanol–water partition coefficient (Wildman–Crippen LogP) is 2.27. The molecule has 0 aliphatic rings. The summed E-state index contributed by atoms with van der Waals surface area (Å²) < 4.78 is 0. The molecule has 0 saturated heterocycles. The van der Waals surface area contributed by atoms with E-state index in [0.29, 0.717) is 38.8 Å². The lowest BCUT2D eigenvalue weighted by Crippen LogP contribution is -2.59. The second-order valence-corrected chi connectivity index (χ2v) is 15.2. The molecule has 0 aromatic heterocycles. The zero-order valence-electron chi connectivity index (χ0n) is 33.9. The van der Waals surface area contributed by atoms with Crippen molar-refractivity contribution in [1.29, 1.82) is 0 Å². The van der Waals surface area contributed by atoms with E-state index < -0.39 is 71.8 Å². The monoisotopic (exact) mass is 802 g/mol. The van der Waals surface area contributed by atoms with Gasteiger partial charge < -0.3 is 48.9 Å². The first-order valence-corrected chi connectivity index (χ1v) is 20.1. The standard InChI is InChI=1S/C43H62N8O7/c1-5-14-33(48-41(55)35(20-11-13-22-45)49-40(54)34(19-10-12-21-44)47-38(52)27(4)46)39(53)50-36(42(56)51-37(43(57)58)23-26(2)3)25-32-30-17-8-6-15-28(30)24-29-16-7-9-18-31(29)32/h5-9,15-18,24,26-27,33-37H,1,10-14,19-23,25,44-46H2,2-4H3,(H,47,52)(H,48,55)(H,49,54)(H,50,53)(H,51,56)(H,57,58)/t27-,33-,34-,35-,36-,37-/m0/s1. The lowest BCUT2D eigenvalue weighted by atomic mass is 9.92. The maximum Gasteiger partial charge on any atom is 0.326 e. The summed E-state index contributed by atoms with van der Waals surface area (Å²) in [6, 6.07) is 10.7. The van der Waals surface area contributed by atoms with Gasteiger partial charge in [0, 0.05) is 6.42 Å². The summed E-state index contributed by atoms with van der Waals surface area (Å²) in [7, 11) is 0. The van der Waals surface area contributed by atoms with Gasteiger partial charge >= 0.3 is 5.97 Å². The first-order valence-electron chi connectivity index (χ1n) is 20.1. The molecule has 3 rings (SSSR count). The lowest BCUT2D eigenvalue weighted by Gasteiger charge is -2.27. The molecular weight excluding hydrogens is 741 g/mol. The van der Waals surface area contributed by atoms with E-state index in [-0.39, 0.29) is 38.0 Å². The summed E-state index contributed by atoms with van der Waals surface area (Å²) in [5.41, 5.74) is 17.9. The minimum absolute atomic E-state index is 0.00132. The highest BCUT2D eigenvalue weighted by molar-refractivity contribution is 6.03. The average Bonchev–Trinajstić information content (AvgIpc) is 3.18. The Hall–Kier alpha value is -5.38. The minimum Gasteiger partial charge on any atom is -0.480 e. The van der Waals surface area contributed by atoms with E-state index >= 15 is 0 Å². The van der Waals surface area contributed by atoms with Crippen molar-refractivity contribution in [3.05, 3.63) is 72.8 Å². The first-order chi connectivity index (χ1) is 27.7. The Morgan fingerprint density at radius 1 is 0.638 bits per heavy atom. The quantitative estimate of drug-likeness (QED) is 0.0343. The molecule has 0 bridgehead atoms. The Labute approximate surface area is 340 Å². The molecule has 0 spiro atoms. The number of carboxylic acids is 1. The molecule has 0 heterocycles. The highest BCUT2D eigenvalue weighted by Gasteiger charge is 2.33. The van der Waals surface area contributed by atoms with E-state index in [0.717, 1.165) is 27.1 Å². The number of benzene rings is 3. The van der Waals surface area contributed by atoms with Gasteiger partial charge in [0.1, 0.15) is 30.2 Å². The van der Waals surface area contributed by atoms with Crippen LogP contribution in [0.25, 0.3) is 21.5 Å². The number of nitrogens with two attached hydrogens (primary N) is 3. The molecule has 6 atom stereocenters. The maximum absolute atomic E-state index is 14.2. The van der Waals surface area contributed by atoms with Gasteiger partial charge in [0.15, 0.2) is 0 Å². The molecule has 15 nitrogen and oxygen atoms in total. The third kappa shape index (κ3) is 14.2. The fraction of sp³-hybridized carbons (Fsp3) is 0.488. The molecule has 58 heavy (non-hydrogen) atoms. The van der Waals surface area contributed by atoms with Crippen LogP contribution in [0.1, 0.15) is 77.7 Å². The number of hydrogen-bond acceptors (Lipinski definition) is 9. The summed E-state index contributed by atoms with van der Waals surface area (Å²) >= 11 is 0. The van der Waals surface area contributed by atoms with Gasteiger partial charge in [0.05, 0.1) is 6.04 Å². The zero-order valence-corrected chi connectivity index (χ0v) is 33.9. The lowest BCUT2D eigenvalue weighted by molar-refractivity contribution is -0.142. The van der Waals surface area contributed by atoms with Crippen LogP contribution < -0.4 is 43.8 Å². The Morgan fingerprint density at radius 2 is 1.07 bits per heavy atom. The third-order valence-corrected chi connectivity index (χ3v) is 9.85. The molecule has 15 heteroatoms. The van der Waals surface area contributed by atoms with E-state index in [9.17, 15) is 33.9 Å². The van der Waals surface area contributed by atoms with Gasteiger partial charge in [-0.1, -0.05) is 68.5 Å². The Balaban J connectivity index is 1.96. The van der Waals surface area contributed by atoms with Crippen molar-refractivity contribution in [3.63, 3.8) is 0 Å². The summed E-state index contributed by atoms with van der Waals surface area (Å²) in [6.45, 7) is 9.69. The van der Waals surface area contributed by atoms with Crippen molar-refractivity contribution in [2.75, 3.05) is 13.1 Å².